The van der Waals surface area contributed by atoms with E-state index in [0.717, 1.165) is 0 Å². The Morgan fingerprint density at radius 3 is 2.80 bits per heavy atom. The average Bonchev–Trinajstić information content (AvgIpc) is 2.58. The van der Waals surface area contributed by atoms with Gasteiger partial charge in [-0.15, -0.1) is 0 Å². The number of fused-ring (bicyclic) bond motifs is 1. The van der Waals surface area contributed by atoms with E-state index < -0.39 is 0 Å². The number of allylic oxidation sites excluding steroid dienone is 3. The second-order valence-electron chi connectivity index (χ2n) is 3.76. The Hall–Kier alpha value is -1.76. The van der Waals surface area contributed by atoms with Crippen LogP contribution in [0.5, 0.6) is 0 Å². The molecule has 0 aliphatic heterocycles. The molecule has 1 heteroatoms. The quantitative estimate of drug-likeness (QED) is 0.646. The van der Waals surface area contributed by atoms with Crippen LogP contribution in [0.3, 0.4) is 0 Å². The second kappa shape index (κ2) is 3.77. The van der Waals surface area contributed by atoms with Gasteiger partial charge in [-0.3, -0.25) is 0 Å². The van der Waals surface area contributed by atoms with Gasteiger partial charge in [0.2, 0.25) is 0 Å². The second-order valence-corrected chi connectivity index (χ2v) is 3.76. The van der Waals surface area contributed by atoms with Gasteiger partial charge in [-0.25, -0.2) is 0 Å². The lowest BCUT2D eigenvalue weighted by molar-refractivity contribution is 0.967. The van der Waals surface area contributed by atoms with Crippen molar-refractivity contribution in [3.8, 4) is 0 Å². The molecular weight excluding hydrogens is 182 g/mol. The molecule has 76 valence electrons. The number of para-hydroxylation sites is 1. The smallest absolute Gasteiger partial charge is 0.0484 e. The summed E-state index contributed by atoms with van der Waals surface area (Å²) in [5, 5.41) is 1.30. The van der Waals surface area contributed by atoms with Crippen LogP contribution in [-0.2, 0) is 7.05 Å². The van der Waals surface area contributed by atoms with Gasteiger partial charge in [-0.05, 0) is 18.6 Å². The van der Waals surface area contributed by atoms with Gasteiger partial charge in [0, 0.05) is 29.7 Å². The van der Waals surface area contributed by atoms with E-state index in [0.29, 0.717) is 0 Å². The van der Waals surface area contributed by atoms with Crippen molar-refractivity contribution in [1.82, 2.24) is 4.57 Å². The predicted octanol–water partition coefficient (Wildman–Crippen LogP) is 3.77. The summed E-state index contributed by atoms with van der Waals surface area (Å²) in [6.07, 6.45) is 6.04. The highest BCUT2D eigenvalue weighted by Gasteiger charge is 2.05. The van der Waals surface area contributed by atoms with Crippen LogP contribution in [0.4, 0.5) is 0 Å². The number of benzene rings is 1. The highest BCUT2D eigenvalue weighted by molar-refractivity contribution is 5.92. The van der Waals surface area contributed by atoms with Crippen LogP contribution in [0.15, 0.2) is 49.2 Å². The van der Waals surface area contributed by atoms with Crippen molar-refractivity contribution in [2.45, 2.75) is 6.92 Å². The van der Waals surface area contributed by atoms with Crippen LogP contribution in [0, 0.1) is 0 Å². The van der Waals surface area contributed by atoms with Crippen molar-refractivity contribution in [2.24, 2.45) is 7.05 Å². The van der Waals surface area contributed by atoms with Crippen molar-refractivity contribution in [3.63, 3.8) is 0 Å². The maximum atomic E-state index is 3.73. The third kappa shape index (κ3) is 1.61. The van der Waals surface area contributed by atoms with Crippen LogP contribution < -0.4 is 0 Å². The Morgan fingerprint density at radius 1 is 1.33 bits per heavy atom. The molecule has 0 aliphatic rings. The molecule has 0 N–H and O–H groups in total. The van der Waals surface area contributed by atoms with Crippen LogP contribution in [-0.4, -0.2) is 4.57 Å². The van der Waals surface area contributed by atoms with Crippen LogP contribution in [0.25, 0.3) is 16.5 Å². The van der Waals surface area contributed by atoms with E-state index in [4.69, 9.17) is 0 Å². The minimum atomic E-state index is 1.25. The Morgan fingerprint density at radius 2 is 2.07 bits per heavy atom. The number of hydrogen-bond acceptors (Lipinski definition) is 0. The Kier molecular flexibility index (Phi) is 2.46. The molecule has 0 unspecified atom stereocenters. The zero-order valence-electron chi connectivity index (χ0n) is 9.20. The molecule has 0 atom stereocenters. The fourth-order valence-electron chi connectivity index (χ4n) is 1.92. The molecule has 1 heterocycles. The molecule has 0 saturated heterocycles. The zero-order valence-corrected chi connectivity index (χ0v) is 9.20. The molecule has 0 spiro atoms. The van der Waals surface area contributed by atoms with Crippen LogP contribution in [0.1, 0.15) is 12.5 Å². The average molecular weight is 197 g/mol. The van der Waals surface area contributed by atoms with Crippen LogP contribution in [0.2, 0.25) is 0 Å². The summed E-state index contributed by atoms with van der Waals surface area (Å²) in [6.45, 7) is 5.84. The molecule has 15 heavy (non-hydrogen) atoms. The summed E-state index contributed by atoms with van der Waals surface area (Å²) in [7, 11) is 2.08. The topological polar surface area (TPSA) is 4.93 Å². The maximum absolute atomic E-state index is 3.73. The summed E-state index contributed by atoms with van der Waals surface area (Å²) in [5.41, 5.74) is 3.80. The van der Waals surface area contributed by atoms with Crippen molar-refractivity contribution >= 4 is 16.5 Å². The minimum Gasteiger partial charge on any atom is -0.350 e. The molecule has 0 saturated carbocycles. The summed E-state index contributed by atoms with van der Waals surface area (Å²) in [5.74, 6) is 0. The van der Waals surface area contributed by atoms with Gasteiger partial charge in [0.25, 0.3) is 0 Å². The van der Waals surface area contributed by atoms with Crippen LogP contribution >= 0.6 is 0 Å². The third-order valence-electron chi connectivity index (χ3n) is 2.69. The van der Waals surface area contributed by atoms with Gasteiger partial charge < -0.3 is 4.57 Å². The molecule has 1 nitrogen and oxygen atoms in total. The number of aromatic nitrogens is 1. The number of hydrogen-bond donors (Lipinski definition) is 0. The third-order valence-corrected chi connectivity index (χ3v) is 2.69. The van der Waals surface area contributed by atoms with Crippen molar-refractivity contribution in [3.05, 3.63) is 54.8 Å². The Balaban J connectivity index is 2.72. The first-order valence-corrected chi connectivity index (χ1v) is 5.08. The lowest BCUT2D eigenvalue weighted by Gasteiger charge is -1.96. The van der Waals surface area contributed by atoms with Gasteiger partial charge in [-0.1, -0.05) is 36.9 Å². The first-order valence-electron chi connectivity index (χ1n) is 5.08. The largest absolute Gasteiger partial charge is 0.350 e. The van der Waals surface area contributed by atoms with E-state index in [-0.39, 0.29) is 0 Å². The Bertz CT molecular complexity index is 529. The van der Waals surface area contributed by atoms with E-state index in [1.807, 2.05) is 12.2 Å². The van der Waals surface area contributed by atoms with Gasteiger partial charge in [0.05, 0.1) is 0 Å². The monoisotopic (exact) mass is 197 g/mol. The van der Waals surface area contributed by atoms with E-state index in [1.54, 1.807) is 0 Å². The first-order chi connectivity index (χ1) is 7.24. The minimum absolute atomic E-state index is 1.25. The summed E-state index contributed by atoms with van der Waals surface area (Å²) < 4.78 is 2.16. The SMILES string of the molecule is C=C/C=C(\C)c1cn(C)c2ccccc12. The lowest BCUT2D eigenvalue weighted by atomic mass is 10.1. The number of nitrogens with zero attached hydrogens (tertiary/aromatic N) is 1. The standard InChI is InChI=1S/C14H15N/c1-4-7-11(2)13-10-15(3)14-9-6-5-8-12(13)14/h4-10H,1H2,2-3H3/b11-7+. The van der Waals surface area contributed by atoms with E-state index in [1.165, 1.54) is 22.0 Å². The molecule has 0 amide bonds. The van der Waals surface area contributed by atoms with Crippen molar-refractivity contribution < 1.29 is 0 Å². The first kappa shape index (κ1) is 9.78. The van der Waals surface area contributed by atoms with E-state index in [9.17, 15) is 0 Å². The predicted molar refractivity (Wildman–Crippen MR) is 66.8 cm³/mol. The Labute approximate surface area is 90.3 Å². The fourth-order valence-corrected chi connectivity index (χ4v) is 1.92. The van der Waals surface area contributed by atoms with Gasteiger partial charge >= 0.3 is 0 Å². The van der Waals surface area contributed by atoms with Gasteiger partial charge in [0.1, 0.15) is 0 Å². The summed E-state index contributed by atoms with van der Waals surface area (Å²) >= 11 is 0. The van der Waals surface area contributed by atoms with Crippen molar-refractivity contribution in [2.75, 3.05) is 0 Å². The molecular formula is C14H15N. The molecule has 2 rings (SSSR count). The van der Waals surface area contributed by atoms with Crippen molar-refractivity contribution in [1.29, 1.82) is 0 Å². The molecule has 0 radical (unpaired) electrons. The summed E-state index contributed by atoms with van der Waals surface area (Å²) in [4.78, 5) is 0. The summed E-state index contributed by atoms with van der Waals surface area (Å²) in [6, 6.07) is 8.44. The van der Waals surface area contributed by atoms with E-state index >= 15 is 0 Å². The molecule has 0 bridgehead atoms. The lowest BCUT2D eigenvalue weighted by Crippen LogP contribution is -1.81. The zero-order chi connectivity index (χ0) is 10.8. The number of rotatable bonds is 2. The number of aryl methyl sites for hydroxylation is 1. The maximum Gasteiger partial charge on any atom is 0.0484 e. The highest BCUT2D eigenvalue weighted by Crippen LogP contribution is 2.26. The highest BCUT2D eigenvalue weighted by atomic mass is 14.9. The molecule has 2 aromatic rings. The molecule has 1 aromatic carbocycles. The molecule has 1 aromatic heterocycles. The van der Waals surface area contributed by atoms with E-state index in [2.05, 4.69) is 55.6 Å². The van der Waals surface area contributed by atoms with Gasteiger partial charge in [0.15, 0.2) is 0 Å². The van der Waals surface area contributed by atoms with Gasteiger partial charge in [-0.2, -0.15) is 0 Å². The normalized spacial score (nSPS) is 12.0. The molecule has 0 aliphatic carbocycles. The fraction of sp³-hybridized carbons (Fsp3) is 0.143. The molecule has 0 fully saturated rings.